The highest BCUT2D eigenvalue weighted by atomic mass is 16.6. The minimum absolute atomic E-state index is 0.0607. The van der Waals surface area contributed by atoms with E-state index in [0.29, 0.717) is 113 Å². The molecule has 2 amide bonds. The van der Waals surface area contributed by atoms with Crippen LogP contribution in [0.2, 0.25) is 0 Å². The van der Waals surface area contributed by atoms with Gasteiger partial charge in [-0.2, -0.15) is 0 Å². The molecular weight excluding hydrogens is 576 g/mol. The third-order valence-corrected chi connectivity index (χ3v) is 5.74. The van der Waals surface area contributed by atoms with Crippen LogP contribution in [0.25, 0.3) is 22.9 Å². The number of hydrogen-bond acceptors (Lipinski definition) is 13. The zero-order valence-electron chi connectivity index (χ0n) is 25.6. The minimum atomic E-state index is -0.231. The molecule has 0 saturated heterocycles. The largest absolute Gasteiger partial charge is 0.421 e. The smallest absolute Gasteiger partial charge is 0.247 e. The SMILES string of the molecule is CCCOCCNC(=O)CCOCCOCCOCCOCCC(=O)Nc1cc(-c2nnc(C)o2)cc(-c2nnc(C)o2)c1. The van der Waals surface area contributed by atoms with E-state index in [-0.39, 0.29) is 24.8 Å². The molecule has 2 N–H and O–H groups in total. The number of nitrogens with one attached hydrogen (secondary N) is 2. The van der Waals surface area contributed by atoms with Crippen LogP contribution < -0.4 is 10.6 Å². The lowest BCUT2D eigenvalue weighted by Gasteiger charge is -2.09. The number of nitrogens with zero attached hydrogens (tertiary/aromatic N) is 4. The summed E-state index contributed by atoms with van der Waals surface area (Å²) in [6, 6.07) is 5.23. The van der Waals surface area contributed by atoms with Gasteiger partial charge >= 0.3 is 0 Å². The fourth-order valence-electron chi connectivity index (χ4n) is 3.69. The van der Waals surface area contributed by atoms with E-state index in [1.807, 2.05) is 6.92 Å². The molecule has 2 aromatic heterocycles. The fourth-order valence-corrected chi connectivity index (χ4v) is 3.69. The first-order valence-electron chi connectivity index (χ1n) is 14.7. The first kappa shape index (κ1) is 34.7. The van der Waals surface area contributed by atoms with Crippen molar-refractivity contribution in [3.63, 3.8) is 0 Å². The first-order valence-corrected chi connectivity index (χ1v) is 14.7. The van der Waals surface area contributed by atoms with Crippen LogP contribution in [0.1, 0.15) is 38.0 Å². The number of benzene rings is 1. The van der Waals surface area contributed by atoms with Crippen LogP contribution in [0.5, 0.6) is 0 Å². The highest BCUT2D eigenvalue weighted by Gasteiger charge is 2.15. The molecule has 15 heteroatoms. The Morgan fingerprint density at radius 2 is 1.11 bits per heavy atom. The normalized spacial score (nSPS) is 11.2. The van der Waals surface area contributed by atoms with E-state index >= 15 is 0 Å². The van der Waals surface area contributed by atoms with Crippen molar-refractivity contribution in [2.45, 2.75) is 40.0 Å². The molecule has 1 aromatic carbocycles. The lowest BCUT2D eigenvalue weighted by Crippen LogP contribution is -2.28. The maximum Gasteiger partial charge on any atom is 0.247 e. The Hall–Kier alpha value is -3.76. The van der Waals surface area contributed by atoms with E-state index in [2.05, 4.69) is 31.0 Å². The Bertz CT molecular complexity index is 1210. The van der Waals surface area contributed by atoms with Crippen molar-refractivity contribution in [1.29, 1.82) is 0 Å². The minimum Gasteiger partial charge on any atom is -0.421 e. The van der Waals surface area contributed by atoms with Gasteiger partial charge in [-0.1, -0.05) is 6.92 Å². The first-order chi connectivity index (χ1) is 21.4. The summed E-state index contributed by atoms with van der Waals surface area (Å²) >= 11 is 0. The van der Waals surface area contributed by atoms with Crippen LogP contribution in [0.4, 0.5) is 5.69 Å². The molecule has 44 heavy (non-hydrogen) atoms. The number of rotatable bonds is 23. The van der Waals surface area contributed by atoms with E-state index in [1.54, 1.807) is 32.0 Å². The molecule has 0 radical (unpaired) electrons. The van der Waals surface area contributed by atoms with E-state index in [9.17, 15) is 9.59 Å². The number of aromatic nitrogens is 4. The molecular formula is C29H42N6O9. The predicted molar refractivity (Wildman–Crippen MR) is 158 cm³/mol. The van der Waals surface area contributed by atoms with Crippen LogP contribution in [0.15, 0.2) is 27.0 Å². The fraction of sp³-hybridized carbons (Fsp3) is 0.586. The van der Waals surface area contributed by atoms with Crippen molar-refractivity contribution < 1.29 is 42.1 Å². The molecule has 0 aliphatic carbocycles. The Kier molecular flexibility index (Phi) is 16.0. The van der Waals surface area contributed by atoms with Gasteiger partial charge < -0.3 is 43.2 Å². The van der Waals surface area contributed by atoms with Gasteiger partial charge in [0.15, 0.2) is 0 Å². The summed E-state index contributed by atoms with van der Waals surface area (Å²) < 4.78 is 38.2. The molecule has 3 rings (SSSR count). The summed E-state index contributed by atoms with van der Waals surface area (Å²) in [7, 11) is 0. The summed E-state index contributed by atoms with van der Waals surface area (Å²) in [6.07, 6.45) is 1.41. The van der Waals surface area contributed by atoms with Crippen molar-refractivity contribution in [2.75, 3.05) is 77.9 Å². The molecule has 0 saturated carbocycles. The highest BCUT2D eigenvalue weighted by Crippen LogP contribution is 2.29. The van der Waals surface area contributed by atoms with Gasteiger partial charge in [0, 0.05) is 50.2 Å². The second-order valence-corrected chi connectivity index (χ2v) is 9.51. The van der Waals surface area contributed by atoms with Crippen LogP contribution in [0, 0.1) is 13.8 Å². The number of hydrogen-bond donors (Lipinski definition) is 2. The average molecular weight is 619 g/mol. The van der Waals surface area contributed by atoms with Gasteiger partial charge in [0.1, 0.15) is 0 Å². The topological polar surface area (TPSA) is 182 Å². The van der Waals surface area contributed by atoms with E-state index in [4.69, 9.17) is 32.5 Å². The lowest BCUT2D eigenvalue weighted by atomic mass is 10.1. The van der Waals surface area contributed by atoms with Crippen molar-refractivity contribution in [3.8, 4) is 22.9 Å². The Morgan fingerprint density at radius 1 is 0.636 bits per heavy atom. The summed E-state index contributed by atoms with van der Waals surface area (Å²) in [5, 5.41) is 21.5. The van der Waals surface area contributed by atoms with Gasteiger partial charge in [0.05, 0.1) is 65.9 Å². The standard InChI is InChI=1S/C29H42N6O9/c1-4-8-38-11-7-30-26(36)5-9-39-12-14-41-16-17-42-15-13-40-10-6-27(37)31-25-19-23(28-34-32-21(2)43-28)18-24(20-25)29-35-33-22(3)44-29/h18-20H,4-17H2,1-3H3,(H,30,36)(H,31,37). The zero-order chi connectivity index (χ0) is 31.4. The van der Waals surface area contributed by atoms with Crippen LogP contribution in [-0.4, -0.2) is 105 Å². The number of ether oxygens (including phenoxy) is 5. The number of anilines is 1. The Morgan fingerprint density at radius 3 is 1.59 bits per heavy atom. The third-order valence-electron chi connectivity index (χ3n) is 5.74. The van der Waals surface area contributed by atoms with Crippen LogP contribution in [-0.2, 0) is 33.3 Å². The molecule has 0 unspecified atom stereocenters. The van der Waals surface area contributed by atoms with Crippen molar-refractivity contribution in [1.82, 2.24) is 25.7 Å². The van der Waals surface area contributed by atoms with Gasteiger partial charge in [0.25, 0.3) is 0 Å². The van der Waals surface area contributed by atoms with E-state index < -0.39 is 0 Å². The molecule has 3 aromatic rings. The molecule has 0 atom stereocenters. The monoisotopic (exact) mass is 618 g/mol. The molecule has 0 fully saturated rings. The molecule has 0 spiro atoms. The number of carbonyl (C=O) groups is 2. The Balaban J connectivity index is 1.21. The molecule has 15 nitrogen and oxygen atoms in total. The van der Waals surface area contributed by atoms with Gasteiger partial charge in [-0.3, -0.25) is 9.59 Å². The van der Waals surface area contributed by atoms with Gasteiger partial charge in [-0.15, -0.1) is 20.4 Å². The molecule has 0 bridgehead atoms. The van der Waals surface area contributed by atoms with Crippen molar-refractivity contribution >= 4 is 17.5 Å². The van der Waals surface area contributed by atoms with E-state index in [0.717, 1.165) is 6.42 Å². The van der Waals surface area contributed by atoms with Gasteiger partial charge in [-0.05, 0) is 24.6 Å². The quantitative estimate of drug-likeness (QED) is 0.148. The second-order valence-electron chi connectivity index (χ2n) is 9.51. The molecule has 0 aliphatic rings. The van der Waals surface area contributed by atoms with Crippen LogP contribution in [0.3, 0.4) is 0 Å². The zero-order valence-corrected chi connectivity index (χ0v) is 25.6. The summed E-state index contributed by atoms with van der Waals surface area (Å²) in [5.41, 5.74) is 1.71. The average Bonchev–Trinajstić information content (AvgIpc) is 3.65. The number of aryl methyl sites for hydroxylation is 2. The summed E-state index contributed by atoms with van der Waals surface area (Å²) in [5.74, 6) is 1.16. The maximum atomic E-state index is 12.5. The van der Waals surface area contributed by atoms with Gasteiger partial charge in [-0.25, -0.2) is 0 Å². The molecule has 2 heterocycles. The number of amides is 2. The predicted octanol–water partition coefficient (Wildman–Crippen LogP) is 2.73. The number of carbonyl (C=O) groups excluding carboxylic acids is 2. The van der Waals surface area contributed by atoms with Crippen molar-refractivity contribution in [2.24, 2.45) is 0 Å². The second kappa shape index (κ2) is 20.2. The molecule has 0 aliphatic heterocycles. The summed E-state index contributed by atoms with van der Waals surface area (Å²) in [4.78, 5) is 24.2. The Labute approximate surface area is 256 Å². The molecule has 242 valence electrons. The van der Waals surface area contributed by atoms with Crippen molar-refractivity contribution in [3.05, 3.63) is 30.0 Å². The van der Waals surface area contributed by atoms with E-state index in [1.165, 1.54) is 0 Å². The van der Waals surface area contributed by atoms with Gasteiger partial charge in [0.2, 0.25) is 35.4 Å². The lowest BCUT2D eigenvalue weighted by molar-refractivity contribution is -0.122. The maximum absolute atomic E-state index is 12.5. The van der Waals surface area contributed by atoms with Crippen LogP contribution >= 0.6 is 0 Å². The summed E-state index contributed by atoms with van der Waals surface area (Å²) in [6.45, 7) is 10.1. The highest BCUT2D eigenvalue weighted by molar-refractivity contribution is 5.92. The third kappa shape index (κ3) is 13.7.